The molecule has 0 saturated carbocycles. The number of halogens is 1. The number of nitrogens with zero attached hydrogens (tertiary/aromatic N) is 4. The summed E-state index contributed by atoms with van der Waals surface area (Å²) in [6.45, 7) is 6.81. The highest BCUT2D eigenvalue weighted by atomic mass is 127. The average Bonchev–Trinajstić information content (AvgIpc) is 2.61. The molecular formula is C15H24IN5O2. The fourth-order valence-corrected chi connectivity index (χ4v) is 2.58. The standard InChI is InChI=1S/C15H23N5O2.HI/c16-15(20-6-10-22-11-7-20)17-12-13-2-1-3-14(18-13)19-4-8-21-9-5-19;/h1-3H,4-12H2,(H2,16,17);1H. The van der Waals surface area contributed by atoms with Crippen LogP contribution in [-0.4, -0.2) is 68.4 Å². The number of pyridine rings is 1. The van der Waals surface area contributed by atoms with Gasteiger partial charge in [0, 0.05) is 26.2 Å². The van der Waals surface area contributed by atoms with Gasteiger partial charge in [0.1, 0.15) is 5.82 Å². The summed E-state index contributed by atoms with van der Waals surface area (Å²) in [5.41, 5.74) is 6.97. The number of aliphatic imine (C=N–C) groups is 1. The van der Waals surface area contributed by atoms with E-state index in [1.54, 1.807) is 0 Å². The van der Waals surface area contributed by atoms with Crippen LogP contribution in [0, 0.1) is 0 Å². The number of rotatable bonds is 3. The lowest BCUT2D eigenvalue weighted by Crippen LogP contribution is -2.44. The zero-order chi connectivity index (χ0) is 15.2. The van der Waals surface area contributed by atoms with Gasteiger partial charge in [0.2, 0.25) is 0 Å². The zero-order valence-electron chi connectivity index (χ0n) is 13.2. The van der Waals surface area contributed by atoms with E-state index in [1.165, 1.54) is 0 Å². The van der Waals surface area contributed by atoms with Crippen molar-refractivity contribution in [2.75, 3.05) is 57.5 Å². The minimum Gasteiger partial charge on any atom is -0.378 e. The molecule has 0 amide bonds. The van der Waals surface area contributed by atoms with Crippen LogP contribution in [0.4, 0.5) is 5.82 Å². The predicted molar refractivity (Wildman–Crippen MR) is 100 cm³/mol. The van der Waals surface area contributed by atoms with Crippen LogP contribution in [0.2, 0.25) is 0 Å². The zero-order valence-corrected chi connectivity index (χ0v) is 15.5. The van der Waals surface area contributed by atoms with Crippen molar-refractivity contribution in [3.05, 3.63) is 23.9 Å². The van der Waals surface area contributed by atoms with Gasteiger partial charge in [0.25, 0.3) is 0 Å². The topological polar surface area (TPSA) is 76.2 Å². The lowest BCUT2D eigenvalue weighted by atomic mass is 10.3. The molecule has 0 aliphatic carbocycles. The summed E-state index contributed by atoms with van der Waals surface area (Å²) < 4.78 is 10.7. The van der Waals surface area contributed by atoms with Gasteiger partial charge in [0.05, 0.1) is 38.7 Å². The summed E-state index contributed by atoms with van der Waals surface area (Å²) >= 11 is 0. The summed E-state index contributed by atoms with van der Waals surface area (Å²) in [6.07, 6.45) is 0. The van der Waals surface area contributed by atoms with Crippen LogP contribution in [0.5, 0.6) is 0 Å². The summed E-state index contributed by atoms with van der Waals surface area (Å²) in [5.74, 6) is 1.56. The Bertz CT molecular complexity index is 516. The molecule has 0 bridgehead atoms. The molecule has 2 aliphatic rings. The second kappa shape index (κ2) is 9.24. The quantitative estimate of drug-likeness (QED) is 0.430. The largest absolute Gasteiger partial charge is 0.378 e. The number of morpholine rings is 2. The minimum atomic E-state index is 0. The number of hydrogen-bond acceptors (Lipinski definition) is 5. The molecule has 0 spiro atoms. The summed E-state index contributed by atoms with van der Waals surface area (Å²) in [6, 6.07) is 6.04. The van der Waals surface area contributed by atoms with Crippen LogP contribution < -0.4 is 10.6 Å². The first kappa shape index (κ1) is 18.2. The molecule has 128 valence electrons. The van der Waals surface area contributed by atoms with Crippen LogP contribution in [0.3, 0.4) is 0 Å². The van der Waals surface area contributed by atoms with Crippen molar-refractivity contribution in [1.82, 2.24) is 9.88 Å². The van der Waals surface area contributed by atoms with Crippen molar-refractivity contribution in [1.29, 1.82) is 0 Å². The first-order valence-corrected chi connectivity index (χ1v) is 7.74. The predicted octanol–water partition coefficient (Wildman–Crippen LogP) is 0.683. The molecule has 1 aromatic heterocycles. The number of hydrogen-bond donors (Lipinski definition) is 1. The maximum Gasteiger partial charge on any atom is 0.191 e. The normalized spacial score (nSPS) is 19.4. The molecule has 0 aromatic carbocycles. The third kappa shape index (κ3) is 5.18. The van der Waals surface area contributed by atoms with Crippen molar-refractivity contribution in [2.24, 2.45) is 10.7 Å². The van der Waals surface area contributed by atoms with Crippen molar-refractivity contribution in [2.45, 2.75) is 6.54 Å². The fourth-order valence-electron chi connectivity index (χ4n) is 2.58. The average molecular weight is 433 g/mol. The Hall–Kier alpha value is -1.13. The van der Waals surface area contributed by atoms with Gasteiger partial charge < -0.3 is 25.0 Å². The van der Waals surface area contributed by atoms with E-state index in [9.17, 15) is 0 Å². The van der Waals surface area contributed by atoms with E-state index in [4.69, 9.17) is 15.2 Å². The van der Waals surface area contributed by atoms with Gasteiger partial charge in [-0.05, 0) is 12.1 Å². The Labute approximate surface area is 153 Å². The number of nitrogens with two attached hydrogens (primary N) is 1. The van der Waals surface area contributed by atoms with E-state index in [0.717, 1.165) is 50.9 Å². The molecule has 2 saturated heterocycles. The van der Waals surface area contributed by atoms with Crippen LogP contribution in [0.25, 0.3) is 0 Å². The van der Waals surface area contributed by atoms with Gasteiger partial charge in [-0.3, -0.25) is 0 Å². The Morgan fingerprint density at radius 3 is 2.43 bits per heavy atom. The van der Waals surface area contributed by atoms with Gasteiger partial charge in [-0.2, -0.15) is 0 Å². The third-order valence-electron chi connectivity index (χ3n) is 3.87. The van der Waals surface area contributed by atoms with Crippen molar-refractivity contribution in [3.63, 3.8) is 0 Å². The third-order valence-corrected chi connectivity index (χ3v) is 3.87. The molecule has 0 atom stereocenters. The van der Waals surface area contributed by atoms with Crippen LogP contribution >= 0.6 is 24.0 Å². The molecule has 3 rings (SSSR count). The van der Waals surface area contributed by atoms with Crippen molar-refractivity contribution >= 4 is 35.8 Å². The van der Waals surface area contributed by atoms with Gasteiger partial charge in [-0.15, -0.1) is 24.0 Å². The highest BCUT2D eigenvalue weighted by Gasteiger charge is 2.14. The lowest BCUT2D eigenvalue weighted by molar-refractivity contribution is 0.0674. The first-order chi connectivity index (χ1) is 10.8. The molecule has 3 heterocycles. The highest BCUT2D eigenvalue weighted by molar-refractivity contribution is 14.0. The van der Waals surface area contributed by atoms with Gasteiger partial charge >= 0.3 is 0 Å². The monoisotopic (exact) mass is 433 g/mol. The number of anilines is 1. The van der Waals surface area contributed by atoms with Crippen molar-refractivity contribution < 1.29 is 9.47 Å². The molecule has 1 aromatic rings. The maximum atomic E-state index is 6.04. The fraction of sp³-hybridized carbons (Fsp3) is 0.600. The Morgan fingerprint density at radius 2 is 1.74 bits per heavy atom. The summed E-state index contributed by atoms with van der Waals surface area (Å²) in [7, 11) is 0. The molecule has 2 aliphatic heterocycles. The molecule has 0 unspecified atom stereocenters. The summed E-state index contributed by atoms with van der Waals surface area (Å²) in [5, 5.41) is 0. The van der Waals surface area contributed by atoms with Crippen LogP contribution in [0.1, 0.15) is 5.69 Å². The smallest absolute Gasteiger partial charge is 0.191 e. The number of aromatic nitrogens is 1. The Kier molecular flexibility index (Phi) is 7.31. The minimum absolute atomic E-state index is 0. The highest BCUT2D eigenvalue weighted by Crippen LogP contribution is 2.13. The van der Waals surface area contributed by atoms with E-state index >= 15 is 0 Å². The van der Waals surface area contributed by atoms with E-state index in [1.807, 2.05) is 18.2 Å². The SMILES string of the molecule is I.NC(=NCc1cccc(N2CCOCC2)n1)N1CCOCC1. The summed E-state index contributed by atoms with van der Waals surface area (Å²) in [4.78, 5) is 13.4. The van der Waals surface area contributed by atoms with E-state index < -0.39 is 0 Å². The molecular weight excluding hydrogens is 409 g/mol. The second-order valence-corrected chi connectivity index (χ2v) is 5.36. The van der Waals surface area contributed by atoms with Gasteiger partial charge in [-0.25, -0.2) is 9.98 Å². The van der Waals surface area contributed by atoms with Crippen molar-refractivity contribution in [3.8, 4) is 0 Å². The number of ether oxygens (including phenoxy) is 2. The number of guanidine groups is 1. The molecule has 7 nitrogen and oxygen atoms in total. The maximum absolute atomic E-state index is 6.04. The van der Waals surface area contributed by atoms with Gasteiger partial charge in [-0.1, -0.05) is 6.07 Å². The van der Waals surface area contributed by atoms with E-state index in [-0.39, 0.29) is 24.0 Å². The molecule has 8 heteroatoms. The molecule has 2 N–H and O–H groups in total. The Balaban J connectivity index is 0.00000192. The van der Waals surface area contributed by atoms with Crippen LogP contribution in [0.15, 0.2) is 23.2 Å². The Morgan fingerprint density at radius 1 is 1.09 bits per heavy atom. The molecule has 0 radical (unpaired) electrons. The molecule has 23 heavy (non-hydrogen) atoms. The van der Waals surface area contributed by atoms with E-state index in [0.29, 0.717) is 25.7 Å². The lowest BCUT2D eigenvalue weighted by Gasteiger charge is -2.28. The van der Waals surface area contributed by atoms with E-state index in [2.05, 4.69) is 19.8 Å². The second-order valence-electron chi connectivity index (χ2n) is 5.36. The van der Waals surface area contributed by atoms with Gasteiger partial charge in [0.15, 0.2) is 5.96 Å². The first-order valence-electron chi connectivity index (χ1n) is 7.74. The molecule has 2 fully saturated rings. The van der Waals surface area contributed by atoms with Crippen LogP contribution in [-0.2, 0) is 16.0 Å².